The van der Waals surface area contributed by atoms with Crippen LogP contribution >= 0.6 is 0 Å². The Morgan fingerprint density at radius 2 is 2.20 bits per heavy atom. The fraction of sp³-hybridized carbons (Fsp3) is 0.562. The van der Waals surface area contributed by atoms with E-state index in [4.69, 9.17) is 0 Å². The molecule has 1 unspecified atom stereocenters. The molecule has 4 heteroatoms. The number of likely N-dealkylation sites (tertiary alicyclic amines) is 1. The highest BCUT2D eigenvalue weighted by Crippen LogP contribution is 2.22. The zero-order chi connectivity index (χ0) is 14.4. The molecule has 1 amide bonds. The highest BCUT2D eigenvalue weighted by Gasteiger charge is 2.26. The maximum Gasteiger partial charge on any atom is 0.227 e. The number of carbonyl (C=O) groups excluding carboxylic acids is 1. The molecule has 0 saturated carbocycles. The van der Waals surface area contributed by atoms with Crippen molar-refractivity contribution in [2.24, 2.45) is 0 Å². The summed E-state index contributed by atoms with van der Waals surface area (Å²) in [6.45, 7) is 1.78. The Kier molecular flexibility index (Phi) is 5.41. The minimum Gasteiger partial charge on any atom is -0.508 e. The molecule has 1 aromatic carbocycles. The van der Waals surface area contributed by atoms with Gasteiger partial charge in [-0.05, 0) is 45.3 Å². The Morgan fingerprint density at radius 1 is 1.40 bits per heavy atom. The van der Waals surface area contributed by atoms with Crippen LogP contribution in [0.15, 0.2) is 24.3 Å². The van der Waals surface area contributed by atoms with Gasteiger partial charge in [0.2, 0.25) is 5.91 Å². The van der Waals surface area contributed by atoms with Gasteiger partial charge < -0.3 is 15.3 Å². The number of hydrogen-bond acceptors (Lipinski definition) is 3. The number of nitrogens with one attached hydrogen (secondary N) is 1. The van der Waals surface area contributed by atoms with Gasteiger partial charge in [-0.25, -0.2) is 0 Å². The topological polar surface area (TPSA) is 52.6 Å². The third-order valence-corrected chi connectivity index (χ3v) is 4.01. The summed E-state index contributed by atoms with van der Waals surface area (Å²) in [7, 11) is 1.94. The molecular formula is C16H24N2O2. The number of carbonyl (C=O) groups is 1. The number of phenolic OH excluding ortho intramolecular Hbond substituents is 1. The number of rotatable bonds is 5. The SMILES string of the molecule is CNCCC1CCCCN1C(=O)Cc1ccccc1O. The van der Waals surface area contributed by atoms with Crippen LogP contribution in [0.1, 0.15) is 31.2 Å². The van der Waals surface area contributed by atoms with E-state index < -0.39 is 0 Å². The van der Waals surface area contributed by atoms with E-state index in [1.807, 2.05) is 24.1 Å². The number of benzene rings is 1. The van der Waals surface area contributed by atoms with Crippen LogP contribution in [0.25, 0.3) is 0 Å². The van der Waals surface area contributed by atoms with E-state index >= 15 is 0 Å². The Bertz CT molecular complexity index is 448. The molecule has 2 rings (SSSR count). The molecule has 1 fully saturated rings. The van der Waals surface area contributed by atoms with Gasteiger partial charge in [0.25, 0.3) is 0 Å². The van der Waals surface area contributed by atoms with Gasteiger partial charge in [0.1, 0.15) is 5.75 Å². The maximum absolute atomic E-state index is 12.5. The lowest BCUT2D eigenvalue weighted by Gasteiger charge is -2.36. The average molecular weight is 276 g/mol. The second kappa shape index (κ2) is 7.29. The highest BCUT2D eigenvalue weighted by molar-refractivity contribution is 5.79. The minimum absolute atomic E-state index is 0.132. The second-order valence-corrected chi connectivity index (χ2v) is 5.43. The van der Waals surface area contributed by atoms with Crippen molar-refractivity contribution in [2.75, 3.05) is 20.1 Å². The lowest BCUT2D eigenvalue weighted by Crippen LogP contribution is -2.45. The van der Waals surface area contributed by atoms with Crippen LogP contribution in [-0.4, -0.2) is 42.1 Å². The summed E-state index contributed by atoms with van der Waals surface area (Å²) < 4.78 is 0. The highest BCUT2D eigenvalue weighted by atomic mass is 16.3. The third-order valence-electron chi connectivity index (χ3n) is 4.01. The quantitative estimate of drug-likeness (QED) is 0.864. The van der Waals surface area contributed by atoms with Crippen molar-refractivity contribution in [1.82, 2.24) is 10.2 Å². The smallest absolute Gasteiger partial charge is 0.227 e. The molecule has 110 valence electrons. The van der Waals surface area contributed by atoms with Crippen molar-refractivity contribution >= 4 is 5.91 Å². The Morgan fingerprint density at radius 3 is 2.95 bits per heavy atom. The molecule has 1 heterocycles. The molecule has 0 aliphatic carbocycles. The normalized spacial score (nSPS) is 19.1. The molecule has 1 aliphatic rings. The van der Waals surface area contributed by atoms with E-state index in [0.717, 1.165) is 37.9 Å². The van der Waals surface area contributed by atoms with Gasteiger partial charge in [-0.1, -0.05) is 18.2 Å². The van der Waals surface area contributed by atoms with Crippen LogP contribution in [-0.2, 0) is 11.2 Å². The van der Waals surface area contributed by atoms with Gasteiger partial charge in [0, 0.05) is 18.2 Å². The summed E-state index contributed by atoms with van der Waals surface area (Å²) in [6, 6.07) is 7.43. The number of nitrogens with zero attached hydrogens (tertiary/aromatic N) is 1. The predicted octanol–water partition coefficient (Wildman–Crippen LogP) is 1.93. The fourth-order valence-electron chi connectivity index (χ4n) is 2.86. The summed E-state index contributed by atoms with van der Waals surface area (Å²) in [6.07, 6.45) is 4.68. The summed E-state index contributed by atoms with van der Waals surface area (Å²) in [5.74, 6) is 0.344. The Labute approximate surface area is 120 Å². The third kappa shape index (κ3) is 3.73. The zero-order valence-corrected chi connectivity index (χ0v) is 12.1. The van der Waals surface area contributed by atoms with Gasteiger partial charge in [-0.3, -0.25) is 4.79 Å². The molecule has 0 spiro atoms. The zero-order valence-electron chi connectivity index (χ0n) is 12.1. The molecule has 1 atom stereocenters. The fourth-order valence-corrected chi connectivity index (χ4v) is 2.86. The molecule has 0 aromatic heterocycles. The molecule has 1 aliphatic heterocycles. The van der Waals surface area contributed by atoms with Gasteiger partial charge in [-0.15, -0.1) is 0 Å². The summed E-state index contributed by atoms with van der Waals surface area (Å²) in [5.41, 5.74) is 0.718. The van der Waals surface area contributed by atoms with Crippen LogP contribution in [0.5, 0.6) is 5.75 Å². The molecule has 1 aromatic rings. The van der Waals surface area contributed by atoms with Gasteiger partial charge >= 0.3 is 0 Å². The van der Waals surface area contributed by atoms with Crippen molar-refractivity contribution in [2.45, 2.75) is 38.1 Å². The van der Waals surface area contributed by atoms with E-state index in [0.29, 0.717) is 12.5 Å². The molecule has 1 saturated heterocycles. The largest absolute Gasteiger partial charge is 0.508 e. The van der Waals surface area contributed by atoms with Gasteiger partial charge in [0.05, 0.1) is 6.42 Å². The molecule has 20 heavy (non-hydrogen) atoms. The van der Waals surface area contributed by atoms with E-state index in [2.05, 4.69) is 5.32 Å². The number of hydrogen-bond donors (Lipinski definition) is 2. The molecule has 0 bridgehead atoms. The van der Waals surface area contributed by atoms with Gasteiger partial charge in [-0.2, -0.15) is 0 Å². The van der Waals surface area contributed by atoms with Crippen LogP contribution in [0.4, 0.5) is 0 Å². The minimum atomic E-state index is 0.132. The summed E-state index contributed by atoms with van der Waals surface area (Å²) in [4.78, 5) is 14.5. The summed E-state index contributed by atoms with van der Waals surface area (Å²) in [5, 5.41) is 12.9. The molecule has 0 radical (unpaired) electrons. The van der Waals surface area contributed by atoms with Crippen molar-refractivity contribution in [1.29, 1.82) is 0 Å². The molecule has 2 N–H and O–H groups in total. The van der Waals surface area contributed by atoms with Crippen molar-refractivity contribution in [3.05, 3.63) is 29.8 Å². The second-order valence-electron chi connectivity index (χ2n) is 5.43. The van der Waals surface area contributed by atoms with Crippen molar-refractivity contribution < 1.29 is 9.90 Å². The monoisotopic (exact) mass is 276 g/mol. The van der Waals surface area contributed by atoms with Gasteiger partial charge in [0.15, 0.2) is 0 Å². The van der Waals surface area contributed by atoms with Crippen LogP contribution in [0.3, 0.4) is 0 Å². The van der Waals surface area contributed by atoms with Crippen molar-refractivity contribution in [3.63, 3.8) is 0 Å². The number of amides is 1. The van der Waals surface area contributed by atoms with Crippen LogP contribution in [0, 0.1) is 0 Å². The first kappa shape index (κ1) is 14.9. The van der Waals surface area contributed by atoms with E-state index in [-0.39, 0.29) is 11.7 Å². The van der Waals surface area contributed by atoms with E-state index in [1.54, 1.807) is 12.1 Å². The molecule has 4 nitrogen and oxygen atoms in total. The number of para-hydroxylation sites is 1. The number of piperidine rings is 1. The number of aromatic hydroxyl groups is 1. The van der Waals surface area contributed by atoms with Crippen LogP contribution < -0.4 is 5.32 Å². The Hall–Kier alpha value is -1.55. The van der Waals surface area contributed by atoms with E-state index in [1.165, 1.54) is 6.42 Å². The first-order valence-electron chi connectivity index (χ1n) is 7.43. The first-order chi connectivity index (χ1) is 9.72. The van der Waals surface area contributed by atoms with Crippen LogP contribution in [0.2, 0.25) is 0 Å². The molecular weight excluding hydrogens is 252 g/mol. The lowest BCUT2D eigenvalue weighted by atomic mass is 9.98. The first-order valence-corrected chi connectivity index (χ1v) is 7.43. The number of phenols is 1. The maximum atomic E-state index is 12.5. The van der Waals surface area contributed by atoms with E-state index in [9.17, 15) is 9.90 Å². The lowest BCUT2D eigenvalue weighted by molar-refractivity contribution is -0.134. The predicted molar refractivity (Wildman–Crippen MR) is 79.7 cm³/mol. The standard InChI is InChI=1S/C16H24N2O2/c1-17-10-9-14-7-4-5-11-18(14)16(20)12-13-6-2-3-8-15(13)19/h2-3,6,8,14,17,19H,4-5,7,9-12H2,1H3. The average Bonchev–Trinajstić information content (AvgIpc) is 2.47. The van der Waals surface area contributed by atoms with Crippen molar-refractivity contribution in [3.8, 4) is 5.75 Å². The Balaban J connectivity index is 2.00. The summed E-state index contributed by atoms with van der Waals surface area (Å²) >= 11 is 0.